The molecule has 7 nitrogen and oxygen atoms in total. The molecule has 0 saturated carbocycles. The van der Waals surface area contributed by atoms with E-state index in [9.17, 15) is 14.9 Å². The summed E-state index contributed by atoms with van der Waals surface area (Å²) in [6.07, 6.45) is 0.800. The number of esters is 1. The molecule has 0 radical (unpaired) electrons. The molecule has 0 aromatic heterocycles. The van der Waals surface area contributed by atoms with Gasteiger partial charge in [0, 0.05) is 6.04 Å². The molecule has 0 aromatic rings. The first-order chi connectivity index (χ1) is 9.42. The van der Waals surface area contributed by atoms with E-state index in [0.717, 1.165) is 12.8 Å². The van der Waals surface area contributed by atoms with Gasteiger partial charge in [-0.2, -0.15) is 0 Å². The van der Waals surface area contributed by atoms with Gasteiger partial charge < -0.3 is 30.6 Å². The molecule has 0 heterocycles. The number of aliphatic hydroxyl groups excluding tert-OH is 1. The number of rotatable bonds is 11. The smallest absolute Gasteiger partial charge is 0.373 e. The Kier molecular flexibility index (Phi) is 10.7. The lowest BCUT2D eigenvalue weighted by molar-refractivity contribution is -0.154. The molecule has 3 atom stereocenters. The maximum absolute atomic E-state index is 11.2. The Morgan fingerprint density at radius 1 is 1.45 bits per heavy atom. The lowest BCUT2D eigenvalue weighted by Crippen LogP contribution is -2.49. The van der Waals surface area contributed by atoms with E-state index in [1.807, 2.05) is 0 Å². The first kappa shape index (κ1) is 19.3. The highest BCUT2D eigenvalue weighted by Gasteiger charge is 2.23. The molecule has 0 aliphatic rings. The number of hydrogen-bond donors (Lipinski definition) is 4. The summed E-state index contributed by atoms with van der Waals surface area (Å²) >= 11 is 0. The van der Waals surface area contributed by atoms with Crippen LogP contribution in [0, 0.1) is 0 Å². The van der Waals surface area contributed by atoms with Crippen molar-refractivity contribution >= 4 is 13.0 Å². The minimum Gasteiger partial charge on any atom is -0.467 e. The summed E-state index contributed by atoms with van der Waals surface area (Å²) in [5.41, 5.74) is 5.43. The third-order valence-electron chi connectivity index (χ3n) is 2.94. The Balaban J connectivity index is 4.23. The van der Waals surface area contributed by atoms with Gasteiger partial charge in [0.05, 0.1) is 19.8 Å². The van der Waals surface area contributed by atoms with Gasteiger partial charge in [-0.3, -0.25) is 0 Å². The number of nitrogens with one attached hydrogen (secondary N) is 1. The second-order valence-electron chi connectivity index (χ2n) is 4.80. The van der Waals surface area contributed by atoms with E-state index in [0.29, 0.717) is 13.0 Å². The van der Waals surface area contributed by atoms with Crippen molar-refractivity contribution in [3.05, 3.63) is 0 Å². The number of carbonyl (C=O) groups is 1. The predicted molar refractivity (Wildman–Crippen MR) is 77.1 cm³/mol. The molecule has 0 aromatic carbocycles. The van der Waals surface area contributed by atoms with E-state index in [1.165, 1.54) is 7.11 Å². The van der Waals surface area contributed by atoms with Crippen molar-refractivity contribution in [3.63, 3.8) is 0 Å². The fourth-order valence-electron chi connectivity index (χ4n) is 1.80. The van der Waals surface area contributed by atoms with E-state index >= 15 is 0 Å². The average molecular weight is 290 g/mol. The van der Waals surface area contributed by atoms with E-state index in [1.54, 1.807) is 13.7 Å². The van der Waals surface area contributed by atoms with Gasteiger partial charge in [-0.05, 0) is 33.1 Å². The highest BCUT2D eigenvalue weighted by atomic mass is 16.6. The lowest BCUT2D eigenvalue weighted by Gasteiger charge is -2.25. The molecule has 8 heteroatoms. The predicted octanol–water partition coefficient (Wildman–Crippen LogP) is -0.877. The summed E-state index contributed by atoms with van der Waals surface area (Å²) in [6, 6.07) is -0.314. The van der Waals surface area contributed by atoms with Crippen molar-refractivity contribution in [2.75, 3.05) is 20.3 Å². The molecule has 3 unspecified atom stereocenters. The van der Waals surface area contributed by atoms with Crippen molar-refractivity contribution < 1.29 is 24.4 Å². The first-order valence-electron chi connectivity index (χ1n) is 6.94. The Morgan fingerprint density at radius 2 is 2.10 bits per heavy atom. The molecule has 0 fully saturated rings. The SMILES string of the molecule is COC(=O)C(C)OCC(O)C(CCCCN)NB(C)O. The van der Waals surface area contributed by atoms with E-state index < -0.39 is 25.2 Å². The van der Waals surface area contributed by atoms with E-state index in [4.69, 9.17) is 10.5 Å². The standard InChI is InChI=1S/C12H27BN2O5/c1-9(12(17)19-3)20-8-11(16)10(15-13(2)18)6-4-5-7-14/h9-11,15-16,18H,4-8,14H2,1-3H3. The topological polar surface area (TPSA) is 114 Å². The Labute approximate surface area is 121 Å². The molecular weight excluding hydrogens is 263 g/mol. The van der Waals surface area contributed by atoms with Crippen LogP contribution >= 0.6 is 0 Å². The van der Waals surface area contributed by atoms with Gasteiger partial charge in [-0.25, -0.2) is 4.79 Å². The summed E-state index contributed by atoms with van der Waals surface area (Å²) in [4.78, 5) is 11.2. The molecule has 0 aliphatic carbocycles. The molecule has 118 valence electrons. The van der Waals surface area contributed by atoms with Gasteiger partial charge in [-0.1, -0.05) is 6.42 Å². The number of hydrogen-bond acceptors (Lipinski definition) is 7. The molecule has 0 aliphatic heterocycles. The molecule has 0 rings (SSSR count). The summed E-state index contributed by atoms with van der Waals surface area (Å²) in [5.74, 6) is -0.486. The van der Waals surface area contributed by atoms with Crippen molar-refractivity contribution in [3.8, 4) is 0 Å². The lowest BCUT2D eigenvalue weighted by atomic mass is 9.85. The van der Waals surface area contributed by atoms with Gasteiger partial charge >= 0.3 is 13.0 Å². The van der Waals surface area contributed by atoms with Gasteiger partial charge in [0.15, 0.2) is 6.10 Å². The number of carbonyl (C=O) groups excluding carboxylic acids is 1. The van der Waals surface area contributed by atoms with Crippen LogP contribution in [0.3, 0.4) is 0 Å². The Hall–Kier alpha value is -0.665. The molecule has 0 bridgehead atoms. The van der Waals surface area contributed by atoms with Crippen LogP contribution in [0.5, 0.6) is 0 Å². The van der Waals surface area contributed by atoms with E-state index in [-0.39, 0.29) is 12.6 Å². The zero-order valence-electron chi connectivity index (χ0n) is 12.5. The number of unbranched alkanes of at least 4 members (excludes halogenated alkanes) is 1. The number of ether oxygens (including phenoxy) is 2. The minimum atomic E-state index is -0.825. The maximum Gasteiger partial charge on any atom is 0.373 e. The average Bonchev–Trinajstić information content (AvgIpc) is 2.42. The molecular formula is C12H27BN2O5. The fourth-order valence-corrected chi connectivity index (χ4v) is 1.80. The normalized spacial score (nSPS) is 15.5. The number of methoxy groups -OCH3 is 1. The summed E-state index contributed by atoms with van der Waals surface area (Å²) in [7, 11) is 0.550. The van der Waals surface area contributed by atoms with Crippen molar-refractivity contribution in [1.82, 2.24) is 5.23 Å². The van der Waals surface area contributed by atoms with Crippen LogP contribution in [-0.4, -0.2) is 61.7 Å². The first-order valence-corrected chi connectivity index (χ1v) is 6.94. The van der Waals surface area contributed by atoms with E-state index in [2.05, 4.69) is 9.96 Å². The highest BCUT2D eigenvalue weighted by Crippen LogP contribution is 2.07. The van der Waals surface area contributed by atoms with Crippen LogP contribution in [0.4, 0.5) is 0 Å². The Bertz CT molecular complexity index is 268. The zero-order chi connectivity index (χ0) is 15.5. The van der Waals surface area contributed by atoms with Gasteiger partial charge in [0.2, 0.25) is 0 Å². The summed E-state index contributed by atoms with van der Waals surface area (Å²) in [5, 5.41) is 22.3. The van der Waals surface area contributed by atoms with Crippen molar-refractivity contribution in [2.45, 2.75) is 51.3 Å². The van der Waals surface area contributed by atoms with Crippen LogP contribution in [0.25, 0.3) is 0 Å². The summed E-state index contributed by atoms with van der Waals surface area (Å²) in [6.45, 7) is 3.72. The fraction of sp³-hybridized carbons (Fsp3) is 0.917. The maximum atomic E-state index is 11.2. The number of nitrogens with two attached hydrogens (primary N) is 1. The largest absolute Gasteiger partial charge is 0.467 e. The molecule has 0 amide bonds. The third kappa shape index (κ3) is 8.49. The van der Waals surface area contributed by atoms with Crippen LogP contribution in [0.2, 0.25) is 6.82 Å². The molecule has 20 heavy (non-hydrogen) atoms. The van der Waals surface area contributed by atoms with Crippen LogP contribution in [0.15, 0.2) is 0 Å². The summed E-state index contributed by atoms with van der Waals surface area (Å²) < 4.78 is 9.79. The third-order valence-corrected chi connectivity index (χ3v) is 2.94. The zero-order valence-corrected chi connectivity index (χ0v) is 12.5. The second kappa shape index (κ2) is 11.0. The highest BCUT2D eigenvalue weighted by molar-refractivity contribution is 6.45. The molecule has 0 saturated heterocycles. The second-order valence-corrected chi connectivity index (χ2v) is 4.80. The van der Waals surface area contributed by atoms with Crippen LogP contribution in [0.1, 0.15) is 26.2 Å². The van der Waals surface area contributed by atoms with Crippen LogP contribution in [-0.2, 0) is 14.3 Å². The molecule has 0 spiro atoms. The van der Waals surface area contributed by atoms with Gasteiger partial charge in [-0.15, -0.1) is 0 Å². The Morgan fingerprint density at radius 3 is 2.60 bits per heavy atom. The van der Waals surface area contributed by atoms with Gasteiger partial charge in [0.25, 0.3) is 0 Å². The molecule has 5 N–H and O–H groups in total. The number of aliphatic hydroxyl groups is 1. The van der Waals surface area contributed by atoms with Crippen LogP contribution < -0.4 is 11.0 Å². The monoisotopic (exact) mass is 290 g/mol. The minimum absolute atomic E-state index is 0.0106. The quantitative estimate of drug-likeness (QED) is 0.222. The van der Waals surface area contributed by atoms with Gasteiger partial charge in [0.1, 0.15) is 0 Å². The van der Waals surface area contributed by atoms with Crippen molar-refractivity contribution in [2.24, 2.45) is 5.73 Å². The van der Waals surface area contributed by atoms with Crippen molar-refractivity contribution in [1.29, 1.82) is 0 Å².